The predicted molar refractivity (Wildman–Crippen MR) is 114 cm³/mol. The standard InChI is InChI=1S/C24H26N4O/c25-22(16-26-14-18-6-2-1-3-7-18)24(29)12-10-23(11-13-24)20-9-5-4-8-19(20)21-15-27-17-28(21)23/h1-9,15-17,26,29H,10-14,25H2/b22-16-. The maximum Gasteiger partial charge on any atom is 0.105 e. The van der Waals surface area contributed by atoms with Gasteiger partial charge >= 0.3 is 0 Å². The highest BCUT2D eigenvalue weighted by molar-refractivity contribution is 5.70. The Bertz CT molecular complexity index is 1050. The van der Waals surface area contributed by atoms with Crippen molar-refractivity contribution in [1.82, 2.24) is 14.9 Å². The Morgan fingerprint density at radius 1 is 1.07 bits per heavy atom. The van der Waals surface area contributed by atoms with Gasteiger partial charge in [0.05, 0.1) is 29.5 Å². The van der Waals surface area contributed by atoms with Gasteiger partial charge in [-0.25, -0.2) is 4.98 Å². The van der Waals surface area contributed by atoms with Gasteiger partial charge in [-0.05, 0) is 36.8 Å². The van der Waals surface area contributed by atoms with E-state index in [1.807, 2.05) is 30.7 Å². The minimum Gasteiger partial charge on any atom is -0.399 e. The molecule has 1 aliphatic carbocycles. The number of nitrogens with zero attached hydrogens (tertiary/aromatic N) is 2. The normalized spacial score (nSPS) is 25.6. The van der Waals surface area contributed by atoms with Crippen LogP contribution in [0.25, 0.3) is 11.3 Å². The van der Waals surface area contributed by atoms with E-state index in [2.05, 4.69) is 51.3 Å². The van der Waals surface area contributed by atoms with Gasteiger partial charge in [0.15, 0.2) is 0 Å². The molecule has 1 aliphatic heterocycles. The number of imidazole rings is 1. The molecule has 0 amide bonds. The molecule has 0 radical (unpaired) electrons. The molecule has 2 aromatic carbocycles. The molecule has 0 unspecified atom stereocenters. The van der Waals surface area contributed by atoms with Gasteiger partial charge in [-0.15, -0.1) is 0 Å². The Labute approximate surface area is 170 Å². The fourth-order valence-electron chi connectivity index (χ4n) is 4.96. The second-order valence-corrected chi connectivity index (χ2v) is 8.22. The number of aliphatic hydroxyl groups is 1. The van der Waals surface area contributed by atoms with Gasteiger partial charge in [0.1, 0.15) is 5.60 Å². The van der Waals surface area contributed by atoms with E-state index < -0.39 is 5.60 Å². The van der Waals surface area contributed by atoms with Crippen molar-refractivity contribution in [3.63, 3.8) is 0 Å². The largest absolute Gasteiger partial charge is 0.399 e. The summed E-state index contributed by atoms with van der Waals surface area (Å²) in [4.78, 5) is 4.39. The van der Waals surface area contributed by atoms with Gasteiger partial charge < -0.3 is 20.7 Å². The third-order valence-corrected chi connectivity index (χ3v) is 6.65. The zero-order valence-corrected chi connectivity index (χ0v) is 16.4. The van der Waals surface area contributed by atoms with Crippen molar-refractivity contribution in [1.29, 1.82) is 0 Å². The highest BCUT2D eigenvalue weighted by atomic mass is 16.3. The van der Waals surface area contributed by atoms with Gasteiger partial charge in [0.2, 0.25) is 0 Å². The molecule has 1 fully saturated rings. The van der Waals surface area contributed by atoms with Crippen LogP contribution >= 0.6 is 0 Å². The second-order valence-electron chi connectivity index (χ2n) is 8.22. The van der Waals surface area contributed by atoms with E-state index >= 15 is 0 Å². The van der Waals surface area contributed by atoms with Crippen molar-refractivity contribution in [2.24, 2.45) is 5.73 Å². The van der Waals surface area contributed by atoms with Gasteiger partial charge in [-0.3, -0.25) is 0 Å². The number of nitrogens with two attached hydrogens (primary N) is 1. The van der Waals surface area contributed by atoms with Crippen LogP contribution in [0.4, 0.5) is 0 Å². The molecule has 3 aromatic rings. The number of rotatable bonds is 4. The second kappa shape index (κ2) is 6.78. The molecule has 5 nitrogen and oxygen atoms in total. The smallest absolute Gasteiger partial charge is 0.105 e. The molecular weight excluding hydrogens is 360 g/mol. The minimum atomic E-state index is -0.979. The quantitative estimate of drug-likeness (QED) is 0.641. The average molecular weight is 386 g/mol. The summed E-state index contributed by atoms with van der Waals surface area (Å²) < 4.78 is 2.30. The molecule has 2 aliphatic rings. The molecule has 5 heteroatoms. The number of aromatic nitrogens is 2. The zero-order valence-electron chi connectivity index (χ0n) is 16.4. The maximum atomic E-state index is 11.3. The van der Waals surface area contributed by atoms with Crippen LogP contribution in [0.5, 0.6) is 0 Å². The van der Waals surface area contributed by atoms with Gasteiger partial charge in [-0.2, -0.15) is 0 Å². The molecule has 1 spiro atoms. The lowest BCUT2D eigenvalue weighted by molar-refractivity contribution is 0.00924. The summed E-state index contributed by atoms with van der Waals surface area (Å²) in [6.07, 6.45) is 8.55. The van der Waals surface area contributed by atoms with E-state index in [1.54, 1.807) is 6.20 Å². The van der Waals surface area contributed by atoms with E-state index in [0.717, 1.165) is 12.8 Å². The third kappa shape index (κ3) is 2.85. The molecule has 148 valence electrons. The summed E-state index contributed by atoms with van der Waals surface area (Å²) in [5.41, 5.74) is 10.7. The molecule has 0 bridgehead atoms. The first kappa shape index (κ1) is 18.0. The van der Waals surface area contributed by atoms with Crippen molar-refractivity contribution >= 4 is 0 Å². The monoisotopic (exact) mass is 386 g/mol. The number of fused-ring (bicyclic) bond motifs is 5. The van der Waals surface area contributed by atoms with Crippen LogP contribution in [0.3, 0.4) is 0 Å². The highest BCUT2D eigenvalue weighted by Gasteiger charge is 2.49. The first-order chi connectivity index (χ1) is 14.1. The van der Waals surface area contributed by atoms with Crippen molar-refractivity contribution in [2.45, 2.75) is 43.4 Å². The van der Waals surface area contributed by atoms with E-state index in [4.69, 9.17) is 5.73 Å². The molecule has 1 aromatic heterocycles. The summed E-state index contributed by atoms with van der Waals surface area (Å²) in [6, 6.07) is 18.7. The molecule has 5 rings (SSSR count). The minimum absolute atomic E-state index is 0.133. The van der Waals surface area contributed by atoms with Crippen LogP contribution in [0.1, 0.15) is 36.8 Å². The van der Waals surface area contributed by atoms with Crippen molar-refractivity contribution < 1.29 is 5.11 Å². The lowest BCUT2D eigenvalue weighted by atomic mass is 9.70. The summed E-state index contributed by atoms with van der Waals surface area (Å²) >= 11 is 0. The fraction of sp³-hybridized carbons (Fsp3) is 0.292. The first-order valence-corrected chi connectivity index (χ1v) is 10.2. The van der Waals surface area contributed by atoms with Crippen LogP contribution < -0.4 is 11.1 Å². The Balaban J connectivity index is 1.34. The highest BCUT2D eigenvalue weighted by Crippen LogP contribution is 2.53. The van der Waals surface area contributed by atoms with Crippen LogP contribution in [0, 0.1) is 0 Å². The lowest BCUT2D eigenvalue weighted by Crippen LogP contribution is -2.46. The maximum absolute atomic E-state index is 11.3. The predicted octanol–water partition coefficient (Wildman–Crippen LogP) is 3.50. The number of nitrogens with one attached hydrogen (secondary N) is 1. The summed E-state index contributed by atoms with van der Waals surface area (Å²) in [5.74, 6) is 0. The SMILES string of the molecule is N/C(=C\NCc1ccccc1)C1(O)CCC2(CC1)c1ccccc1-c1cncn12. The van der Waals surface area contributed by atoms with Crippen LogP contribution in [0.15, 0.2) is 79.0 Å². The van der Waals surface area contributed by atoms with Crippen molar-refractivity contribution in [3.8, 4) is 11.3 Å². The fourth-order valence-corrected chi connectivity index (χ4v) is 4.96. The molecular formula is C24H26N4O. The summed E-state index contributed by atoms with van der Waals surface area (Å²) in [7, 11) is 0. The van der Waals surface area contributed by atoms with Crippen LogP contribution in [-0.2, 0) is 12.1 Å². The molecule has 2 heterocycles. The Kier molecular flexibility index (Phi) is 4.21. The summed E-state index contributed by atoms with van der Waals surface area (Å²) in [5, 5.41) is 14.5. The number of hydrogen-bond donors (Lipinski definition) is 3. The van der Waals surface area contributed by atoms with Crippen LogP contribution in [-0.4, -0.2) is 20.3 Å². The van der Waals surface area contributed by atoms with E-state index in [9.17, 15) is 5.11 Å². The van der Waals surface area contributed by atoms with Gasteiger partial charge in [0, 0.05) is 18.3 Å². The third-order valence-electron chi connectivity index (χ3n) is 6.65. The number of benzene rings is 2. The zero-order chi connectivity index (χ0) is 19.9. The van der Waals surface area contributed by atoms with E-state index in [-0.39, 0.29) is 5.54 Å². The lowest BCUT2D eigenvalue weighted by Gasteiger charge is -2.43. The first-order valence-electron chi connectivity index (χ1n) is 10.2. The van der Waals surface area contributed by atoms with E-state index in [0.29, 0.717) is 25.1 Å². The van der Waals surface area contributed by atoms with Crippen molar-refractivity contribution in [2.75, 3.05) is 0 Å². The molecule has 4 N–H and O–H groups in total. The number of hydrogen-bond acceptors (Lipinski definition) is 4. The topological polar surface area (TPSA) is 76.1 Å². The summed E-state index contributed by atoms with van der Waals surface area (Å²) in [6.45, 7) is 0.688. The van der Waals surface area contributed by atoms with Gasteiger partial charge in [0.25, 0.3) is 0 Å². The average Bonchev–Trinajstić information content (AvgIpc) is 3.33. The molecule has 29 heavy (non-hydrogen) atoms. The molecule has 1 saturated carbocycles. The Morgan fingerprint density at radius 2 is 1.79 bits per heavy atom. The van der Waals surface area contributed by atoms with Crippen molar-refractivity contribution in [3.05, 3.63) is 90.1 Å². The molecule has 0 atom stereocenters. The van der Waals surface area contributed by atoms with Crippen LogP contribution in [0.2, 0.25) is 0 Å². The van der Waals surface area contributed by atoms with E-state index in [1.165, 1.54) is 22.4 Å². The Hall–Kier alpha value is -3.05. The Morgan fingerprint density at radius 3 is 2.59 bits per heavy atom. The van der Waals surface area contributed by atoms with Gasteiger partial charge in [-0.1, -0.05) is 54.6 Å². The molecule has 0 saturated heterocycles.